The molecule has 14 heavy (non-hydrogen) atoms. The minimum atomic E-state index is -0.0788. The smallest absolute Gasteiger partial charge is 0.111 e. The van der Waals surface area contributed by atoms with Crippen molar-refractivity contribution in [3.05, 3.63) is 33.1 Å². The van der Waals surface area contributed by atoms with Gasteiger partial charge in [-0.2, -0.15) is 5.26 Å². The average molecular weight is 268 g/mol. The number of aliphatic hydroxyl groups is 1. The fourth-order valence-corrected chi connectivity index (χ4v) is 2.93. The molecule has 0 saturated carbocycles. The SMILES string of the molecule is N#Cc1sc2cc(Br)ccc2c1CO. The van der Waals surface area contributed by atoms with Crippen LogP contribution in [0.3, 0.4) is 0 Å². The van der Waals surface area contributed by atoms with Crippen LogP contribution in [-0.4, -0.2) is 5.11 Å². The first-order chi connectivity index (χ1) is 6.76. The molecule has 1 N–H and O–H groups in total. The summed E-state index contributed by atoms with van der Waals surface area (Å²) in [4.78, 5) is 0.598. The minimum Gasteiger partial charge on any atom is -0.392 e. The van der Waals surface area contributed by atoms with Gasteiger partial charge in [0.15, 0.2) is 0 Å². The molecular weight excluding hydrogens is 262 g/mol. The first kappa shape index (κ1) is 9.66. The van der Waals surface area contributed by atoms with Crippen LogP contribution in [0, 0.1) is 11.3 Å². The van der Waals surface area contributed by atoms with Gasteiger partial charge in [-0.05, 0) is 17.5 Å². The Morgan fingerprint density at radius 2 is 2.29 bits per heavy atom. The lowest BCUT2D eigenvalue weighted by Gasteiger charge is -1.94. The minimum absolute atomic E-state index is 0.0788. The number of hydrogen-bond donors (Lipinski definition) is 1. The van der Waals surface area contributed by atoms with Gasteiger partial charge in [-0.15, -0.1) is 11.3 Å². The quantitative estimate of drug-likeness (QED) is 0.863. The van der Waals surface area contributed by atoms with E-state index in [0.717, 1.165) is 20.1 Å². The monoisotopic (exact) mass is 267 g/mol. The Kier molecular flexibility index (Phi) is 2.55. The van der Waals surface area contributed by atoms with Crippen LogP contribution in [0.2, 0.25) is 0 Å². The third-order valence-electron chi connectivity index (χ3n) is 2.01. The maximum atomic E-state index is 9.15. The Balaban J connectivity index is 2.81. The van der Waals surface area contributed by atoms with Crippen molar-refractivity contribution in [1.82, 2.24) is 0 Å². The van der Waals surface area contributed by atoms with Gasteiger partial charge in [-0.3, -0.25) is 0 Å². The molecule has 70 valence electrons. The van der Waals surface area contributed by atoms with Gasteiger partial charge in [-0.25, -0.2) is 0 Å². The highest BCUT2D eigenvalue weighted by molar-refractivity contribution is 9.10. The molecule has 0 radical (unpaired) electrons. The highest BCUT2D eigenvalue weighted by Gasteiger charge is 2.10. The maximum absolute atomic E-state index is 9.15. The summed E-state index contributed by atoms with van der Waals surface area (Å²) in [6, 6.07) is 7.89. The number of aliphatic hydroxyl groups excluding tert-OH is 1. The van der Waals surface area contributed by atoms with Crippen molar-refractivity contribution in [3.8, 4) is 6.07 Å². The van der Waals surface area contributed by atoms with Crippen LogP contribution in [0.4, 0.5) is 0 Å². The highest BCUT2D eigenvalue weighted by Crippen LogP contribution is 2.32. The third-order valence-corrected chi connectivity index (χ3v) is 3.61. The van der Waals surface area contributed by atoms with Gasteiger partial charge >= 0.3 is 0 Å². The molecule has 0 aliphatic heterocycles. The van der Waals surface area contributed by atoms with Crippen LogP contribution in [-0.2, 0) is 6.61 Å². The number of nitrogens with zero attached hydrogens (tertiary/aromatic N) is 1. The van der Waals surface area contributed by atoms with Gasteiger partial charge in [0, 0.05) is 14.7 Å². The van der Waals surface area contributed by atoms with Crippen molar-refractivity contribution < 1.29 is 5.11 Å². The predicted octanol–water partition coefficient (Wildman–Crippen LogP) is 3.03. The number of benzene rings is 1. The Morgan fingerprint density at radius 1 is 1.50 bits per heavy atom. The van der Waals surface area contributed by atoms with Crippen molar-refractivity contribution in [2.45, 2.75) is 6.61 Å². The third kappa shape index (κ3) is 1.44. The largest absolute Gasteiger partial charge is 0.392 e. The van der Waals surface area contributed by atoms with Crippen LogP contribution in [0.1, 0.15) is 10.4 Å². The molecule has 0 spiro atoms. The van der Waals surface area contributed by atoms with Crippen molar-refractivity contribution in [2.75, 3.05) is 0 Å². The van der Waals surface area contributed by atoms with Gasteiger partial charge in [0.25, 0.3) is 0 Å². The summed E-state index contributed by atoms with van der Waals surface area (Å²) < 4.78 is 2.01. The highest BCUT2D eigenvalue weighted by atomic mass is 79.9. The summed E-state index contributed by atoms with van der Waals surface area (Å²) in [5.41, 5.74) is 0.736. The Hall–Kier alpha value is -0.890. The van der Waals surface area contributed by atoms with E-state index < -0.39 is 0 Å². The lowest BCUT2D eigenvalue weighted by molar-refractivity contribution is 0.283. The van der Waals surface area contributed by atoms with Gasteiger partial charge in [-0.1, -0.05) is 22.0 Å². The van der Waals surface area contributed by atoms with Crippen LogP contribution in [0.15, 0.2) is 22.7 Å². The molecule has 1 aromatic heterocycles. The number of fused-ring (bicyclic) bond motifs is 1. The molecule has 0 unspecified atom stereocenters. The predicted molar refractivity (Wildman–Crippen MR) is 60.2 cm³/mol. The molecule has 2 nitrogen and oxygen atoms in total. The number of nitriles is 1. The van der Waals surface area contributed by atoms with Gasteiger partial charge in [0.1, 0.15) is 10.9 Å². The van der Waals surface area contributed by atoms with Gasteiger partial charge in [0.05, 0.1) is 6.61 Å². The van der Waals surface area contributed by atoms with Crippen molar-refractivity contribution in [1.29, 1.82) is 5.26 Å². The van der Waals surface area contributed by atoms with Gasteiger partial charge in [0.2, 0.25) is 0 Å². The van der Waals surface area contributed by atoms with E-state index in [1.54, 1.807) is 0 Å². The lowest BCUT2D eigenvalue weighted by atomic mass is 10.1. The fourth-order valence-electron chi connectivity index (χ4n) is 1.37. The van der Waals surface area contributed by atoms with E-state index in [1.165, 1.54) is 11.3 Å². The number of halogens is 1. The summed E-state index contributed by atoms with van der Waals surface area (Å²) in [7, 11) is 0. The van der Waals surface area contributed by atoms with Gasteiger partial charge < -0.3 is 5.11 Å². The first-order valence-corrected chi connectivity index (χ1v) is 5.59. The second-order valence-electron chi connectivity index (χ2n) is 2.82. The van der Waals surface area contributed by atoms with Crippen molar-refractivity contribution >= 4 is 37.4 Å². The lowest BCUT2D eigenvalue weighted by Crippen LogP contribution is -1.82. The van der Waals surface area contributed by atoms with E-state index in [4.69, 9.17) is 10.4 Å². The van der Waals surface area contributed by atoms with Crippen molar-refractivity contribution in [3.63, 3.8) is 0 Å². The summed E-state index contributed by atoms with van der Waals surface area (Å²) in [6.45, 7) is -0.0788. The van der Waals surface area contributed by atoms with E-state index in [2.05, 4.69) is 22.0 Å². The topological polar surface area (TPSA) is 44.0 Å². The number of rotatable bonds is 1. The normalized spacial score (nSPS) is 10.4. The van der Waals surface area contributed by atoms with Crippen LogP contribution in [0.5, 0.6) is 0 Å². The second kappa shape index (κ2) is 3.70. The maximum Gasteiger partial charge on any atom is 0.111 e. The zero-order valence-electron chi connectivity index (χ0n) is 7.12. The summed E-state index contributed by atoms with van der Waals surface area (Å²) in [6.07, 6.45) is 0. The van der Waals surface area contributed by atoms with E-state index >= 15 is 0 Å². The van der Waals surface area contributed by atoms with E-state index in [9.17, 15) is 0 Å². The standard InChI is InChI=1S/C10H6BrNOS/c11-6-1-2-7-8(5-13)10(4-12)14-9(7)3-6/h1-3,13H,5H2. The molecule has 2 aromatic rings. The Bertz CT molecular complexity index is 527. The fraction of sp³-hybridized carbons (Fsp3) is 0.100. The molecule has 0 aliphatic carbocycles. The number of hydrogen-bond acceptors (Lipinski definition) is 3. The molecule has 0 saturated heterocycles. The molecule has 1 aromatic carbocycles. The summed E-state index contributed by atoms with van der Waals surface area (Å²) in [5, 5.41) is 19.0. The molecule has 0 amide bonds. The Morgan fingerprint density at radius 3 is 2.93 bits per heavy atom. The Labute approximate surface area is 93.5 Å². The average Bonchev–Trinajstić information content (AvgIpc) is 2.54. The molecular formula is C10H6BrNOS. The molecule has 4 heteroatoms. The summed E-state index contributed by atoms with van der Waals surface area (Å²) in [5.74, 6) is 0. The molecule has 0 atom stereocenters. The van der Waals surface area contributed by atoms with Crippen LogP contribution in [0.25, 0.3) is 10.1 Å². The molecule has 2 rings (SSSR count). The molecule has 0 fully saturated rings. The van der Waals surface area contributed by atoms with Crippen molar-refractivity contribution in [2.24, 2.45) is 0 Å². The zero-order chi connectivity index (χ0) is 10.1. The second-order valence-corrected chi connectivity index (χ2v) is 4.79. The molecule has 1 heterocycles. The molecule has 0 bridgehead atoms. The summed E-state index contributed by atoms with van der Waals surface area (Å²) >= 11 is 4.78. The van der Waals surface area contributed by atoms with Crippen LogP contribution < -0.4 is 0 Å². The number of thiophene rings is 1. The van der Waals surface area contributed by atoms with E-state index in [1.807, 2.05) is 18.2 Å². The molecule has 0 aliphatic rings. The van der Waals surface area contributed by atoms with Crippen LogP contribution >= 0.6 is 27.3 Å². The van der Waals surface area contributed by atoms with E-state index in [0.29, 0.717) is 4.88 Å². The zero-order valence-corrected chi connectivity index (χ0v) is 9.52. The first-order valence-electron chi connectivity index (χ1n) is 3.98. The van der Waals surface area contributed by atoms with E-state index in [-0.39, 0.29) is 6.61 Å².